The number of benzene rings is 2. The van der Waals surface area contributed by atoms with Crippen LogP contribution < -0.4 is 5.32 Å². The Morgan fingerprint density at radius 2 is 2.00 bits per heavy atom. The average Bonchev–Trinajstić information content (AvgIpc) is 2.45. The van der Waals surface area contributed by atoms with Crippen LogP contribution in [0.2, 0.25) is 0 Å². The van der Waals surface area contributed by atoms with Gasteiger partial charge in [0.15, 0.2) is 0 Å². The number of nitrogens with zero attached hydrogens (tertiary/aromatic N) is 1. The van der Waals surface area contributed by atoms with E-state index in [1.54, 1.807) is 6.07 Å². The zero-order valence-corrected chi connectivity index (χ0v) is 14.5. The highest BCUT2D eigenvalue weighted by Crippen LogP contribution is 2.24. The number of non-ortho nitro benzene ring substituents is 1. The number of nitro benzene ring substituents is 1. The summed E-state index contributed by atoms with van der Waals surface area (Å²) >= 11 is 6.84. The molecule has 4 nitrogen and oxygen atoms in total. The maximum Gasteiger partial charge on any atom is 0.270 e. The van der Waals surface area contributed by atoms with Crippen LogP contribution in [-0.2, 0) is 6.54 Å². The Hall–Kier alpha value is -1.24. The molecule has 2 rings (SSSR count). The molecule has 0 aliphatic carbocycles. The number of hydrogen-bond acceptors (Lipinski definition) is 3. The number of nitrogens with one attached hydrogen (secondary N) is 1. The number of nitro groups is 1. The second kappa shape index (κ2) is 7.15. The van der Waals surface area contributed by atoms with Gasteiger partial charge in [-0.05, 0) is 36.2 Å². The van der Waals surface area contributed by atoms with Gasteiger partial charge in [-0.15, -0.1) is 0 Å². The quantitative estimate of drug-likeness (QED) is 0.556. The fourth-order valence-corrected chi connectivity index (χ4v) is 2.87. The van der Waals surface area contributed by atoms with Crippen molar-refractivity contribution in [1.82, 2.24) is 5.32 Å². The van der Waals surface area contributed by atoms with Gasteiger partial charge in [0.25, 0.3) is 5.69 Å². The van der Waals surface area contributed by atoms with Crippen LogP contribution in [0.15, 0.2) is 51.4 Å². The summed E-state index contributed by atoms with van der Waals surface area (Å²) in [6, 6.07) is 13.1. The van der Waals surface area contributed by atoms with Crippen LogP contribution >= 0.6 is 31.9 Å². The van der Waals surface area contributed by atoms with Crippen molar-refractivity contribution in [3.63, 3.8) is 0 Å². The molecule has 0 amide bonds. The molecule has 6 heteroatoms. The Labute approximate surface area is 140 Å². The predicted octanol–water partition coefficient (Wildman–Crippen LogP) is 4.97. The number of rotatable bonds is 5. The minimum Gasteiger partial charge on any atom is -0.306 e. The van der Waals surface area contributed by atoms with E-state index in [9.17, 15) is 10.1 Å². The lowest BCUT2D eigenvalue weighted by Gasteiger charge is -2.15. The first kappa shape index (κ1) is 16.1. The summed E-state index contributed by atoms with van der Waals surface area (Å²) in [5, 5.41) is 14.1. The van der Waals surface area contributed by atoms with Gasteiger partial charge >= 0.3 is 0 Å². The van der Waals surface area contributed by atoms with Gasteiger partial charge in [-0.3, -0.25) is 10.1 Å². The Morgan fingerprint density at radius 1 is 1.24 bits per heavy atom. The van der Waals surface area contributed by atoms with Gasteiger partial charge in [-0.1, -0.05) is 44.0 Å². The summed E-state index contributed by atoms with van der Waals surface area (Å²) < 4.78 is 1.79. The molecule has 21 heavy (non-hydrogen) atoms. The van der Waals surface area contributed by atoms with Crippen LogP contribution in [0.1, 0.15) is 24.1 Å². The molecule has 0 unspecified atom stereocenters. The van der Waals surface area contributed by atoms with Gasteiger partial charge in [0.05, 0.1) is 4.92 Å². The first-order chi connectivity index (χ1) is 9.97. The molecule has 0 spiro atoms. The second-order valence-electron chi connectivity index (χ2n) is 4.69. The molecule has 0 fully saturated rings. The lowest BCUT2D eigenvalue weighted by molar-refractivity contribution is -0.384. The van der Waals surface area contributed by atoms with Crippen molar-refractivity contribution in [1.29, 1.82) is 0 Å². The van der Waals surface area contributed by atoms with Gasteiger partial charge < -0.3 is 5.32 Å². The highest BCUT2D eigenvalue weighted by Gasteiger charge is 2.10. The van der Waals surface area contributed by atoms with E-state index in [2.05, 4.69) is 56.2 Å². The monoisotopic (exact) mass is 412 g/mol. The third kappa shape index (κ3) is 4.36. The SMILES string of the molecule is C[C@@H](NCc1ccc([N+](=O)[O-])cc1Br)c1cccc(Br)c1. The molecule has 2 aromatic carbocycles. The van der Waals surface area contributed by atoms with E-state index >= 15 is 0 Å². The van der Waals surface area contributed by atoms with Crippen molar-refractivity contribution in [3.05, 3.63) is 72.7 Å². The molecular weight excluding hydrogens is 400 g/mol. The molecule has 2 aromatic rings. The maximum absolute atomic E-state index is 10.7. The summed E-state index contributed by atoms with van der Waals surface area (Å²) in [7, 11) is 0. The summed E-state index contributed by atoms with van der Waals surface area (Å²) in [4.78, 5) is 10.3. The Kier molecular flexibility index (Phi) is 5.50. The molecule has 0 aliphatic heterocycles. The van der Waals surface area contributed by atoms with Crippen molar-refractivity contribution in [2.24, 2.45) is 0 Å². The molecule has 1 atom stereocenters. The van der Waals surface area contributed by atoms with E-state index in [0.717, 1.165) is 14.5 Å². The van der Waals surface area contributed by atoms with Gasteiger partial charge in [0, 0.05) is 33.7 Å². The zero-order chi connectivity index (χ0) is 15.4. The van der Waals surface area contributed by atoms with E-state index < -0.39 is 4.92 Å². The molecule has 0 saturated heterocycles. The Bertz CT molecular complexity index is 662. The topological polar surface area (TPSA) is 55.2 Å². The third-order valence-corrected chi connectivity index (χ3v) is 4.43. The van der Waals surface area contributed by atoms with Crippen molar-refractivity contribution in [3.8, 4) is 0 Å². The molecule has 110 valence electrons. The van der Waals surface area contributed by atoms with Crippen LogP contribution in [0, 0.1) is 10.1 Å². The third-order valence-electron chi connectivity index (χ3n) is 3.19. The number of hydrogen-bond donors (Lipinski definition) is 1. The summed E-state index contributed by atoms with van der Waals surface area (Å²) in [6.45, 7) is 2.72. The van der Waals surface area contributed by atoms with Crippen molar-refractivity contribution in [2.45, 2.75) is 19.5 Å². The highest BCUT2D eigenvalue weighted by atomic mass is 79.9. The van der Waals surface area contributed by atoms with Crippen molar-refractivity contribution in [2.75, 3.05) is 0 Å². The second-order valence-corrected chi connectivity index (χ2v) is 6.46. The minimum atomic E-state index is -0.397. The molecule has 0 heterocycles. The molecule has 0 aliphatic rings. The lowest BCUT2D eigenvalue weighted by atomic mass is 10.1. The van der Waals surface area contributed by atoms with Gasteiger partial charge in [0.2, 0.25) is 0 Å². The normalized spacial score (nSPS) is 12.1. The molecule has 0 bridgehead atoms. The van der Waals surface area contributed by atoms with Crippen LogP contribution in [0.4, 0.5) is 5.69 Å². The van der Waals surface area contributed by atoms with Crippen LogP contribution in [0.5, 0.6) is 0 Å². The van der Waals surface area contributed by atoms with Gasteiger partial charge in [0.1, 0.15) is 0 Å². The van der Waals surface area contributed by atoms with Gasteiger partial charge in [-0.25, -0.2) is 0 Å². The van der Waals surface area contributed by atoms with E-state index in [1.165, 1.54) is 17.7 Å². The van der Waals surface area contributed by atoms with Gasteiger partial charge in [-0.2, -0.15) is 0 Å². The van der Waals surface area contributed by atoms with E-state index in [0.29, 0.717) is 6.54 Å². The standard InChI is InChI=1S/C15H14Br2N2O2/c1-10(11-3-2-4-13(16)7-11)18-9-12-5-6-14(19(20)21)8-15(12)17/h2-8,10,18H,9H2,1H3/t10-/m1/s1. The maximum atomic E-state index is 10.7. The van der Waals surface area contributed by atoms with Crippen LogP contribution in [0.25, 0.3) is 0 Å². The fraction of sp³-hybridized carbons (Fsp3) is 0.200. The van der Waals surface area contributed by atoms with E-state index in [4.69, 9.17) is 0 Å². The largest absolute Gasteiger partial charge is 0.306 e. The Balaban J connectivity index is 2.04. The number of halogens is 2. The van der Waals surface area contributed by atoms with Crippen LogP contribution in [0.3, 0.4) is 0 Å². The Morgan fingerprint density at radius 3 is 2.62 bits per heavy atom. The predicted molar refractivity (Wildman–Crippen MR) is 90.2 cm³/mol. The molecule has 0 aromatic heterocycles. The van der Waals surface area contributed by atoms with E-state index in [1.807, 2.05) is 12.1 Å². The highest BCUT2D eigenvalue weighted by molar-refractivity contribution is 9.10. The molecule has 1 N–H and O–H groups in total. The zero-order valence-electron chi connectivity index (χ0n) is 11.3. The van der Waals surface area contributed by atoms with Crippen LogP contribution in [-0.4, -0.2) is 4.92 Å². The van der Waals surface area contributed by atoms with E-state index in [-0.39, 0.29) is 11.7 Å². The molecular formula is C15H14Br2N2O2. The average molecular weight is 414 g/mol. The first-order valence-corrected chi connectivity index (χ1v) is 7.97. The van der Waals surface area contributed by atoms with Crippen molar-refractivity contribution < 1.29 is 4.92 Å². The summed E-state index contributed by atoms with van der Waals surface area (Å²) in [5.74, 6) is 0. The fourth-order valence-electron chi connectivity index (χ4n) is 1.95. The lowest BCUT2D eigenvalue weighted by Crippen LogP contribution is -2.18. The minimum absolute atomic E-state index is 0.0886. The van der Waals surface area contributed by atoms with Crippen molar-refractivity contribution >= 4 is 37.5 Å². The first-order valence-electron chi connectivity index (χ1n) is 6.39. The smallest absolute Gasteiger partial charge is 0.270 e. The molecule has 0 saturated carbocycles. The molecule has 0 radical (unpaired) electrons. The summed E-state index contributed by atoms with van der Waals surface area (Å²) in [6.07, 6.45) is 0. The summed E-state index contributed by atoms with van der Waals surface area (Å²) in [5.41, 5.74) is 2.26.